The van der Waals surface area contributed by atoms with Gasteiger partial charge in [0.05, 0.1) is 34.9 Å². The molecule has 5 aromatic rings. The van der Waals surface area contributed by atoms with Gasteiger partial charge in [0.25, 0.3) is 11.9 Å². The van der Waals surface area contributed by atoms with Crippen LogP contribution in [-0.2, 0) is 30.9 Å². The molecule has 1 atom stereocenters. The Balaban J connectivity index is 1.22. The van der Waals surface area contributed by atoms with Crippen LogP contribution in [0.5, 0.6) is 0 Å². The first kappa shape index (κ1) is 35.2. The lowest BCUT2D eigenvalue weighted by molar-refractivity contribution is -0.141. The Morgan fingerprint density at radius 1 is 1.10 bits per heavy atom. The van der Waals surface area contributed by atoms with Crippen LogP contribution < -0.4 is 5.32 Å². The summed E-state index contributed by atoms with van der Waals surface area (Å²) in [4.78, 5) is 36.4. The number of hydrogen-bond acceptors (Lipinski definition) is 6. The van der Waals surface area contributed by atoms with E-state index in [9.17, 15) is 32.4 Å². The van der Waals surface area contributed by atoms with Crippen molar-refractivity contribution in [1.82, 2.24) is 34.5 Å². The molecule has 0 saturated heterocycles. The summed E-state index contributed by atoms with van der Waals surface area (Å²) in [5.74, 6) is -2.97. The maximum absolute atomic E-state index is 15.3. The number of carbonyl (C=O) groups excluding carboxylic acids is 2. The number of benzene rings is 2. The normalized spacial score (nSPS) is 14.1. The van der Waals surface area contributed by atoms with Crippen LogP contribution in [0.4, 0.5) is 22.0 Å². The van der Waals surface area contributed by atoms with Gasteiger partial charge in [0.15, 0.2) is 5.69 Å². The largest absolute Gasteiger partial charge is 0.434 e. The van der Waals surface area contributed by atoms with Gasteiger partial charge < -0.3 is 14.8 Å². The molecule has 0 saturated carbocycles. The highest BCUT2D eigenvalue weighted by atomic mass is 19.4. The summed E-state index contributed by atoms with van der Waals surface area (Å²) in [5.41, 5.74) is 0.197. The summed E-state index contributed by atoms with van der Waals surface area (Å²) >= 11 is 0. The van der Waals surface area contributed by atoms with E-state index < -0.39 is 53.6 Å². The van der Waals surface area contributed by atoms with E-state index in [1.165, 1.54) is 33.3 Å². The van der Waals surface area contributed by atoms with E-state index in [0.717, 1.165) is 23.4 Å². The van der Waals surface area contributed by atoms with E-state index >= 15 is 4.39 Å². The van der Waals surface area contributed by atoms with E-state index in [2.05, 4.69) is 20.4 Å². The first-order valence-electron chi connectivity index (χ1n) is 16.0. The quantitative estimate of drug-likeness (QED) is 0.196. The number of nitriles is 1. The summed E-state index contributed by atoms with van der Waals surface area (Å²) in [6, 6.07) is 12.8. The molecule has 1 aliphatic heterocycles. The topological polar surface area (TPSA) is 122 Å². The van der Waals surface area contributed by atoms with Crippen LogP contribution in [0, 0.1) is 30.0 Å². The Bertz CT molecular complexity index is 2230. The first-order chi connectivity index (χ1) is 24.0. The van der Waals surface area contributed by atoms with Crippen molar-refractivity contribution >= 4 is 22.8 Å². The first-order valence-corrected chi connectivity index (χ1v) is 16.0. The van der Waals surface area contributed by atoms with Crippen molar-refractivity contribution in [3.05, 3.63) is 99.8 Å². The molecule has 1 unspecified atom stereocenters. The number of amides is 2. The van der Waals surface area contributed by atoms with Crippen molar-refractivity contribution in [3.8, 4) is 17.3 Å². The predicted octanol–water partition coefficient (Wildman–Crippen LogP) is 6.05. The van der Waals surface area contributed by atoms with E-state index in [-0.39, 0.29) is 64.2 Å². The second kappa shape index (κ2) is 12.9. The van der Waals surface area contributed by atoms with Crippen LogP contribution >= 0.6 is 0 Å². The summed E-state index contributed by atoms with van der Waals surface area (Å²) in [5, 5.41) is 16.4. The molecule has 0 bridgehead atoms. The Labute approximate surface area is 289 Å². The van der Waals surface area contributed by atoms with Crippen LogP contribution in [0.15, 0.2) is 48.7 Å². The number of alkyl halides is 3. The number of carbonyl (C=O) groups is 2. The average Bonchev–Trinajstić information content (AvgIpc) is 3.60. The molecule has 0 fully saturated rings. The smallest absolute Gasteiger partial charge is 0.349 e. The highest BCUT2D eigenvalue weighted by molar-refractivity contribution is 6.01. The highest BCUT2D eigenvalue weighted by Gasteiger charge is 2.37. The number of aryl methyl sites for hydroxylation is 2. The zero-order valence-corrected chi connectivity index (χ0v) is 28.4. The molecule has 10 nitrogen and oxygen atoms in total. The number of rotatable bonds is 8. The lowest BCUT2D eigenvalue weighted by Gasteiger charge is -2.32. The fourth-order valence-electron chi connectivity index (χ4n) is 6.48. The van der Waals surface area contributed by atoms with Gasteiger partial charge >= 0.3 is 6.18 Å². The van der Waals surface area contributed by atoms with Crippen molar-refractivity contribution in [2.75, 3.05) is 13.1 Å². The predicted molar refractivity (Wildman–Crippen MR) is 176 cm³/mol. The Hall–Kier alpha value is -5.65. The second-order valence-electron chi connectivity index (χ2n) is 13.3. The van der Waals surface area contributed by atoms with Gasteiger partial charge in [-0.05, 0) is 63.4 Å². The summed E-state index contributed by atoms with van der Waals surface area (Å²) in [7, 11) is 1.50. The number of hydrogen-bond donors (Lipinski definition) is 1. The number of pyridine rings is 1. The molecular weight excluding hydrogens is 671 g/mol. The molecule has 0 spiro atoms. The van der Waals surface area contributed by atoms with Gasteiger partial charge in [-0.3, -0.25) is 14.3 Å². The number of nitrogens with zero attached hydrogens (tertiary/aromatic N) is 7. The van der Waals surface area contributed by atoms with Gasteiger partial charge in [-0.1, -0.05) is 29.8 Å². The summed E-state index contributed by atoms with van der Waals surface area (Å²) < 4.78 is 73.8. The Kier molecular flexibility index (Phi) is 8.91. The highest BCUT2D eigenvalue weighted by Crippen LogP contribution is 2.35. The average molecular weight is 705 g/mol. The third-order valence-electron chi connectivity index (χ3n) is 9.04. The molecule has 1 N–H and O–H groups in total. The Morgan fingerprint density at radius 2 is 1.80 bits per heavy atom. The monoisotopic (exact) mass is 704 g/mol. The zero-order valence-electron chi connectivity index (χ0n) is 28.4. The van der Waals surface area contributed by atoms with Crippen LogP contribution in [0.1, 0.15) is 70.9 Å². The van der Waals surface area contributed by atoms with Crippen molar-refractivity contribution < 1.29 is 31.5 Å². The minimum atomic E-state index is -4.69. The third-order valence-corrected chi connectivity index (χ3v) is 9.04. The van der Waals surface area contributed by atoms with Crippen molar-refractivity contribution in [2.45, 2.75) is 58.3 Å². The minimum Gasteiger partial charge on any atom is -0.349 e. The molecule has 6 rings (SSSR count). The number of nitrogens with one attached hydrogen (secondary N) is 1. The molecule has 4 heterocycles. The molecule has 1 aliphatic rings. The molecule has 15 heteroatoms. The third kappa shape index (κ3) is 6.78. The molecule has 2 aromatic carbocycles. The second-order valence-corrected chi connectivity index (χ2v) is 13.3. The zero-order chi connectivity index (χ0) is 37.0. The molecule has 0 aliphatic carbocycles. The van der Waals surface area contributed by atoms with Crippen molar-refractivity contribution in [1.29, 1.82) is 5.26 Å². The van der Waals surface area contributed by atoms with E-state index in [4.69, 9.17) is 0 Å². The van der Waals surface area contributed by atoms with Crippen LogP contribution in [0.25, 0.3) is 22.3 Å². The lowest BCUT2D eigenvalue weighted by Crippen LogP contribution is -2.51. The fraction of sp³-hybridized carbons (Fsp3) is 0.333. The van der Waals surface area contributed by atoms with Gasteiger partial charge in [-0.25, -0.2) is 14.4 Å². The standard InChI is InChI=1S/C36H33F5N8O2/c1-19-6-8-21(9-7-19)20(2)49-17-27(36(39,40)41)43-28(49)15-35(3,4)45-29(50)18-48-13-12-23-24(10-11-25(37)30(23)34(48)51)31-22(16-42)14-26-32(44-31)33(38)46-47(26)5/h6-11,14,17,20H,12-13,15,18H2,1-5H3,(H,45,50). The number of aromatic nitrogens is 5. The summed E-state index contributed by atoms with van der Waals surface area (Å²) in [6.45, 7) is 6.49. The number of fused-ring (bicyclic) bond motifs is 2. The molecule has 3 aromatic heterocycles. The van der Waals surface area contributed by atoms with Gasteiger partial charge in [0, 0.05) is 37.3 Å². The molecule has 0 radical (unpaired) electrons. The maximum atomic E-state index is 15.3. The molecular formula is C36H33F5N8O2. The van der Waals surface area contributed by atoms with Crippen molar-refractivity contribution in [2.24, 2.45) is 7.05 Å². The number of imidazole rings is 1. The molecule has 51 heavy (non-hydrogen) atoms. The van der Waals surface area contributed by atoms with Crippen LogP contribution in [-0.4, -0.2) is 59.7 Å². The minimum absolute atomic E-state index is 0.00886. The molecule has 264 valence electrons. The van der Waals surface area contributed by atoms with Gasteiger partial charge in [-0.15, -0.1) is 5.10 Å². The summed E-state index contributed by atoms with van der Waals surface area (Å²) in [6.07, 6.45) is -3.70. The van der Waals surface area contributed by atoms with Crippen LogP contribution in [0.2, 0.25) is 0 Å². The van der Waals surface area contributed by atoms with E-state index in [1.54, 1.807) is 20.8 Å². The van der Waals surface area contributed by atoms with Gasteiger partial charge in [0.2, 0.25) is 5.91 Å². The molecule has 2 amide bonds. The van der Waals surface area contributed by atoms with E-state index in [0.29, 0.717) is 0 Å². The van der Waals surface area contributed by atoms with Crippen molar-refractivity contribution in [3.63, 3.8) is 0 Å². The van der Waals surface area contributed by atoms with Gasteiger partial charge in [-0.2, -0.15) is 22.8 Å². The number of halogens is 5. The SMILES string of the molecule is Cc1ccc(C(C)n2cc(C(F)(F)F)nc2CC(C)(C)NC(=O)CN2CCc3c(-c4nc5c(F)nn(C)c5cc4C#N)ccc(F)c3C2=O)cc1. The van der Waals surface area contributed by atoms with Gasteiger partial charge in [0.1, 0.15) is 23.2 Å². The fourth-order valence-corrected chi connectivity index (χ4v) is 6.48. The lowest BCUT2D eigenvalue weighted by atomic mass is 9.90. The maximum Gasteiger partial charge on any atom is 0.434 e. The van der Waals surface area contributed by atoms with Crippen LogP contribution in [0.3, 0.4) is 0 Å². The van der Waals surface area contributed by atoms with E-state index in [1.807, 2.05) is 37.3 Å². The Morgan fingerprint density at radius 3 is 2.47 bits per heavy atom.